The summed E-state index contributed by atoms with van der Waals surface area (Å²) in [5.74, 6) is 1.15. The molecule has 1 unspecified atom stereocenters. The summed E-state index contributed by atoms with van der Waals surface area (Å²) in [6, 6.07) is 15.0. The van der Waals surface area contributed by atoms with Crippen LogP contribution >= 0.6 is 45.2 Å². The van der Waals surface area contributed by atoms with Crippen LogP contribution in [0.3, 0.4) is 0 Å². The van der Waals surface area contributed by atoms with E-state index >= 15 is 0 Å². The number of rotatable bonds is 6. The van der Waals surface area contributed by atoms with Crippen molar-refractivity contribution in [1.29, 1.82) is 0 Å². The minimum absolute atomic E-state index is 0.0654. The molecule has 0 spiro atoms. The van der Waals surface area contributed by atoms with Crippen LogP contribution in [0.1, 0.15) is 32.6 Å². The highest BCUT2D eigenvalue weighted by Gasteiger charge is 2.61. The van der Waals surface area contributed by atoms with Crippen molar-refractivity contribution in [3.8, 4) is 11.6 Å². The number of nitrogens with zero attached hydrogens (tertiary/aromatic N) is 1. The van der Waals surface area contributed by atoms with Gasteiger partial charge in [-0.3, -0.25) is 4.79 Å². The van der Waals surface area contributed by atoms with Gasteiger partial charge in [-0.05, 0) is 81.6 Å². The van der Waals surface area contributed by atoms with Crippen LogP contribution in [-0.2, 0) is 9.53 Å². The third-order valence-corrected chi connectivity index (χ3v) is 5.61. The van der Waals surface area contributed by atoms with Gasteiger partial charge in [0.25, 0.3) is 0 Å². The third kappa shape index (κ3) is 5.01. The van der Waals surface area contributed by atoms with E-state index in [2.05, 4.69) is 70.1 Å². The van der Waals surface area contributed by atoms with Crippen LogP contribution in [0.4, 0.5) is 0 Å². The molecule has 3 rings (SSSR count). The Kier molecular flexibility index (Phi) is 6.45. The van der Waals surface area contributed by atoms with E-state index in [1.165, 1.54) is 1.59 Å². The van der Waals surface area contributed by atoms with Crippen molar-refractivity contribution in [2.24, 2.45) is 17.3 Å². The largest absolute Gasteiger partial charge is 0.456 e. The van der Waals surface area contributed by atoms with E-state index < -0.39 is 6.10 Å². The van der Waals surface area contributed by atoms with E-state index in [0.717, 1.165) is 5.75 Å². The lowest BCUT2D eigenvalue weighted by Gasteiger charge is -2.14. The van der Waals surface area contributed by atoms with Gasteiger partial charge in [0.15, 0.2) is 0 Å². The Labute approximate surface area is 187 Å². The Morgan fingerprint density at radius 2 is 1.85 bits per heavy atom. The number of ether oxygens (including phenoxy) is 2. The highest BCUT2D eigenvalue weighted by Crippen LogP contribution is 2.60. The molecule has 1 aliphatic rings. The summed E-state index contributed by atoms with van der Waals surface area (Å²) in [4.78, 5) is 17.1. The molecule has 1 aromatic carbocycles. The first-order valence-corrected chi connectivity index (χ1v) is 10.9. The zero-order valence-electron chi connectivity index (χ0n) is 15.4. The Morgan fingerprint density at radius 1 is 1.15 bits per heavy atom. The van der Waals surface area contributed by atoms with Gasteiger partial charge in [-0.25, -0.2) is 4.98 Å². The molecule has 1 saturated carbocycles. The fourth-order valence-electron chi connectivity index (χ4n) is 3.21. The molecule has 1 heterocycles. The molecule has 6 heteroatoms. The lowest BCUT2D eigenvalue weighted by molar-refractivity contribution is -0.151. The van der Waals surface area contributed by atoms with E-state index in [1.54, 1.807) is 6.07 Å². The van der Waals surface area contributed by atoms with Crippen molar-refractivity contribution < 1.29 is 14.3 Å². The summed E-state index contributed by atoms with van der Waals surface area (Å²) >= 11 is 4.53. The number of allylic oxidation sites excluding steroid dienone is 1. The first kappa shape index (κ1) is 20.6. The van der Waals surface area contributed by atoms with Crippen molar-refractivity contribution in [3.63, 3.8) is 0 Å². The van der Waals surface area contributed by atoms with Crippen molar-refractivity contribution >= 4 is 51.2 Å². The van der Waals surface area contributed by atoms with Gasteiger partial charge < -0.3 is 9.47 Å². The lowest BCUT2D eigenvalue weighted by Crippen LogP contribution is -2.14. The van der Waals surface area contributed by atoms with Gasteiger partial charge in [0, 0.05) is 7.65 Å². The van der Waals surface area contributed by atoms with Crippen LogP contribution in [0.5, 0.6) is 11.6 Å². The lowest BCUT2D eigenvalue weighted by atomic mass is 10.1. The number of carbonyl (C=O) groups is 1. The van der Waals surface area contributed by atoms with E-state index in [0.29, 0.717) is 11.6 Å². The molecule has 142 valence electrons. The Balaban J connectivity index is 1.66. The van der Waals surface area contributed by atoms with Crippen LogP contribution in [0.15, 0.2) is 56.2 Å². The zero-order valence-corrected chi connectivity index (χ0v) is 19.7. The maximum atomic E-state index is 12.7. The van der Waals surface area contributed by atoms with Gasteiger partial charge >= 0.3 is 5.97 Å². The predicted octanol–water partition coefficient (Wildman–Crippen LogP) is 6.46. The number of pyridine rings is 1. The van der Waals surface area contributed by atoms with Crippen molar-refractivity contribution in [2.75, 3.05) is 0 Å². The summed E-state index contributed by atoms with van der Waals surface area (Å²) in [5, 5.41) is 0. The second-order valence-corrected chi connectivity index (χ2v) is 11.6. The molecule has 0 bridgehead atoms. The fourth-order valence-corrected chi connectivity index (χ4v) is 3.98. The monoisotopic (exact) mass is 589 g/mol. The smallest absolute Gasteiger partial charge is 0.310 e. The molecule has 3 atom stereocenters. The molecule has 0 radical (unpaired) electrons. The van der Waals surface area contributed by atoms with Crippen molar-refractivity contribution in [2.45, 2.75) is 26.9 Å². The van der Waals surface area contributed by atoms with E-state index in [4.69, 9.17) is 9.47 Å². The summed E-state index contributed by atoms with van der Waals surface area (Å²) in [6.45, 7) is 6.05. The molecular formula is C21H21I2NO3. The highest BCUT2D eigenvalue weighted by molar-refractivity contribution is 14.2. The Bertz CT molecular complexity index is 848. The minimum atomic E-state index is -0.434. The van der Waals surface area contributed by atoms with Crippen LogP contribution in [-0.4, -0.2) is 11.0 Å². The molecule has 0 N–H and O–H groups in total. The van der Waals surface area contributed by atoms with E-state index in [1.807, 2.05) is 49.4 Å². The van der Waals surface area contributed by atoms with Gasteiger partial charge in [0.05, 0.1) is 11.6 Å². The molecule has 1 aromatic heterocycles. The fraction of sp³-hybridized carbons (Fsp3) is 0.333. The summed E-state index contributed by atoms with van der Waals surface area (Å²) in [6.07, 6.45) is 1.71. The quantitative estimate of drug-likeness (QED) is 0.287. The number of aromatic nitrogens is 1. The number of benzene rings is 1. The average molecular weight is 589 g/mol. The second kappa shape index (κ2) is 8.46. The third-order valence-electron chi connectivity index (χ3n) is 4.89. The van der Waals surface area contributed by atoms with E-state index in [9.17, 15) is 4.79 Å². The number of hydrogen-bond acceptors (Lipinski definition) is 4. The molecule has 0 saturated heterocycles. The number of hydrogen-bond donors (Lipinski definition) is 0. The molecule has 1 aliphatic carbocycles. The molecule has 0 aliphatic heterocycles. The summed E-state index contributed by atoms with van der Waals surface area (Å²) < 4.78 is 12.7. The summed E-state index contributed by atoms with van der Waals surface area (Å²) in [7, 11) is 0. The number of esters is 1. The van der Waals surface area contributed by atoms with Crippen LogP contribution < -0.4 is 4.74 Å². The molecule has 2 aromatic rings. The average Bonchev–Trinajstić information content (AvgIpc) is 3.15. The SMILES string of the molecule is CC(OC(=O)[C@@H]1[C@H](C=C(I)I)C1(C)C)c1cccc(Oc2ccccc2)n1. The van der Waals surface area contributed by atoms with Crippen molar-refractivity contribution in [3.05, 3.63) is 61.9 Å². The first-order valence-electron chi connectivity index (χ1n) is 8.72. The summed E-state index contributed by atoms with van der Waals surface area (Å²) in [5.41, 5.74) is 0.607. The van der Waals surface area contributed by atoms with Gasteiger partial charge in [-0.1, -0.05) is 44.2 Å². The standard InChI is InChI=1S/C21H21I2NO3/c1-13(26-20(25)19-15(12-17(22)23)21(19,2)3)16-10-7-11-18(24-16)27-14-8-5-4-6-9-14/h4-13,15,19H,1-3H3/t13?,15-,19-/m0/s1. The first-order chi connectivity index (χ1) is 12.8. The number of halogens is 2. The normalized spacial score (nSPS) is 21.1. The predicted molar refractivity (Wildman–Crippen MR) is 122 cm³/mol. The van der Waals surface area contributed by atoms with Gasteiger partial charge in [-0.2, -0.15) is 0 Å². The van der Waals surface area contributed by atoms with Gasteiger partial charge in [-0.15, -0.1) is 0 Å². The van der Waals surface area contributed by atoms with Crippen LogP contribution in [0.2, 0.25) is 0 Å². The Morgan fingerprint density at radius 3 is 2.52 bits per heavy atom. The zero-order chi connectivity index (χ0) is 19.6. The van der Waals surface area contributed by atoms with Crippen LogP contribution in [0.25, 0.3) is 0 Å². The maximum Gasteiger partial charge on any atom is 0.310 e. The molecule has 0 amide bonds. The second-order valence-electron chi connectivity index (χ2n) is 7.18. The molecule has 27 heavy (non-hydrogen) atoms. The van der Waals surface area contributed by atoms with Crippen LogP contribution in [0, 0.1) is 17.3 Å². The molecular weight excluding hydrogens is 568 g/mol. The van der Waals surface area contributed by atoms with Crippen molar-refractivity contribution in [1.82, 2.24) is 4.98 Å². The van der Waals surface area contributed by atoms with E-state index in [-0.39, 0.29) is 23.2 Å². The Hall–Kier alpha value is -1.16. The maximum absolute atomic E-state index is 12.7. The van der Waals surface area contributed by atoms with Gasteiger partial charge in [0.1, 0.15) is 11.9 Å². The van der Waals surface area contributed by atoms with Gasteiger partial charge in [0.2, 0.25) is 5.88 Å². The highest BCUT2D eigenvalue weighted by atomic mass is 127. The molecule has 4 nitrogen and oxygen atoms in total. The number of carbonyl (C=O) groups excluding carboxylic acids is 1. The molecule has 1 fully saturated rings. The minimum Gasteiger partial charge on any atom is -0.456 e. The topological polar surface area (TPSA) is 48.4 Å². The number of para-hydroxylation sites is 1.